The van der Waals surface area contributed by atoms with Gasteiger partial charge in [0, 0.05) is 44.5 Å². The Kier molecular flexibility index (Phi) is 5.40. The second-order valence-electron chi connectivity index (χ2n) is 7.50. The van der Waals surface area contributed by atoms with Gasteiger partial charge in [-0.05, 0) is 42.8 Å². The molecule has 154 valence electrons. The van der Waals surface area contributed by atoms with Crippen LogP contribution < -0.4 is 0 Å². The highest BCUT2D eigenvalue weighted by molar-refractivity contribution is 5.97. The third kappa shape index (κ3) is 3.73. The van der Waals surface area contributed by atoms with E-state index in [0.29, 0.717) is 31.7 Å². The summed E-state index contributed by atoms with van der Waals surface area (Å²) in [5.74, 6) is -0.315. The summed E-state index contributed by atoms with van der Waals surface area (Å²) in [6.07, 6.45) is 0. The minimum atomic E-state index is -0.301. The third-order valence-electron chi connectivity index (χ3n) is 5.64. The van der Waals surface area contributed by atoms with Crippen molar-refractivity contribution in [1.29, 1.82) is 0 Å². The van der Waals surface area contributed by atoms with E-state index < -0.39 is 0 Å². The van der Waals surface area contributed by atoms with Crippen LogP contribution in [-0.4, -0.2) is 52.4 Å². The number of carbonyl (C=O) groups is 2. The maximum absolute atomic E-state index is 13.5. The molecule has 0 bridgehead atoms. The highest BCUT2D eigenvalue weighted by Crippen LogP contribution is 2.30. The number of benzene rings is 2. The first-order chi connectivity index (χ1) is 14.5. The van der Waals surface area contributed by atoms with Crippen LogP contribution in [0, 0.1) is 12.7 Å². The number of amides is 2. The Balaban J connectivity index is 1.73. The van der Waals surface area contributed by atoms with E-state index in [1.165, 1.54) is 12.1 Å². The molecule has 5 nitrogen and oxygen atoms in total. The molecule has 0 radical (unpaired) electrons. The van der Waals surface area contributed by atoms with Gasteiger partial charge < -0.3 is 14.4 Å². The molecule has 1 aliphatic heterocycles. The molecular weight excluding hydrogens is 381 g/mol. The molecule has 6 heteroatoms. The molecular formula is C24H24FN3O2. The van der Waals surface area contributed by atoms with Crippen LogP contribution in [0.1, 0.15) is 23.0 Å². The molecule has 0 spiro atoms. The Morgan fingerprint density at radius 2 is 1.47 bits per heavy atom. The maximum Gasteiger partial charge on any atom is 0.255 e. The molecule has 0 saturated carbocycles. The van der Waals surface area contributed by atoms with E-state index in [0.717, 1.165) is 22.6 Å². The average molecular weight is 405 g/mol. The Labute approximate surface area is 175 Å². The number of piperazine rings is 1. The van der Waals surface area contributed by atoms with Crippen molar-refractivity contribution in [2.24, 2.45) is 0 Å². The van der Waals surface area contributed by atoms with Gasteiger partial charge in [0.25, 0.3) is 5.91 Å². The number of halogens is 1. The topological polar surface area (TPSA) is 45.6 Å². The zero-order valence-electron chi connectivity index (χ0n) is 17.1. The van der Waals surface area contributed by atoms with Gasteiger partial charge in [0.05, 0.1) is 11.3 Å². The fourth-order valence-corrected chi connectivity index (χ4v) is 3.96. The minimum absolute atomic E-state index is 0.0344. The fraction of sp³-hybridized carbons (Fsp3) is 0.250. The monoisotopic (exact) mass is 405 g/mol. The Hall–Kier alpha value is -3.41. The summed E-state index contributed by atoms with van der Waals surface area (Å²) in [6, 6.07) is 18.0. The van der Waals surface area contributed by atoms with Gasteiger partial charge in [0.2, 0.25) is 5.91 Å². The van der Waals surface area contributed by atoms with Crippen LogP contribution in [-0.2, 0) is 4.79 Å². The summed E-state index contributed by atoms with van der Waals surface area (Å²) < 4.78 is 15.5. The molecule has 0 aliphatic carbocycles. The predicted molar refractivity (Wildman–Crippen MR) is 114 cm³/mol. The van der Waals surface area contributed by atoms with Crippen LogP contribution in [0.4, 0.5) is 4.39 Å². The number of carbonyl (C=O) groups excluding carboxylic acids is 2. The van der Waals surface area contributed by atoms with Crippen molar-refractivity contribution in [3.63, 3.8) is 0 Å². The lowest BCUT2D eigenvalue weighted by Gasteiger charge is -2.34. The SMILES string of the molecule is CC(=O)N1CCN(C(=O)c2cc(-c3ccccc3)n(-c3ccc(F)cc3)c2C)CC1. The summed E-state index contributed by atoms with van der Waals surface area (Å²) in [4.78, 5) is 28.5. The molecule has 0 N–H and O–H groups in total. The van der Waals surface area contributed by atoms with Crippen LogP contribution in [0.25, 0.3) is 16.9 Å². The molecule has 1 saturated heterocycles. The molecule has 3 aromatic rings. The smallest absolute Gasteiger partial charge is 0.255 e. The van der Waals surface area contributed by atoms with E-state index in [9.17, 15) is 14.0 Å². The highest BCUT2D eigenvalue weighted by Gasteiger charge is 2.27. The molecule has 2 aromatic carbocycles. The Bertz CT molecular complexity index is 1070. The van der Waals surface area contributed by atoms with E-state index in [2.05, 4.69) is 0 Å². The minimum Gasteiger partial charge on any atom is -0.339 e. The molecule has 4 rings (SSSR count). The van der Waals surface area contributed by atoms with Crippen molar-refractivity contribution in [2.75, 3.05) is 26.2 Å². The van der Waals surface area contributed by atoms with Crippen LogP contribution >= 0.6 is 0 Å². The van der Waals surface area contributed by atoms with E-state index in [1.54, 1.807) is 28.9 Å². The number of hydrogen-bond acceptors (Lipinski definition) is 2. The van der Waals surface area contributed by atoms with Gasteiger partial charge in [-0.15, -0.1) is 0 Å². The summed E-state index contributed by atoms with van der Waals surface area (Å²) in [6.45, 7) is 5.58. The summed E-state index contributed by atoms with van der Waals surface area (Å²) in [5.41, 5.74) is 4.08. The molecule has 30 heavy (non-hydrogen) atoms. The summed E-state index contributed by atoms with van der Waals surface area (Å²) in [7, 11) is 0. The second-order valence-corrected chi connectivity index (χ2v) is 7.50. The van der Waals surface area contributed by atoms with Crippen molar-refractivity contribution >= 4 is 11.8 Å². The zero-order chi connectivity index (χ0) is 21.3. The molecule has 0 atom stereocenters. The maximum atomic E-state index is 13.5. The largest absolute Gasteiger partial charge is 0.339 e. The molecule has 0 unspecified atom stereocenters. The van der Waals surface area contributed by atoms with Crippen molar-refractivity contribution in [3.05, 3.63) is 77.7 Å². The van der Waals surface area contributed by atoms with Crippen molar-refractivity contribution in [2.45, 2.75) is 13.8 Å². The van der Waals surface area contributed by atoms with Crippen molar-refractivity contribution in [3.8, 4) is 16.9 Å². The molecule has 2 amide bonds. The quantitative estimate of drug-likeness (QED) is 0.664. The Morgan fingerprint density at radius 3 is 2.07 bits per heavy atom. The lowest BCUT2D eigenvalue weighted by atomic mass is 10.1. The van der Waals surface area contributed by atoms with Gasteiger partial charge in [-0.2, -0.15) is 0 Å². The highest BCUT2D eigenvalue weighted by atomic mass is 19.1. The van der Waals surface area contributed by atoms with Crippen LogP contribution in [0.2, 0.25) is 0 Å². The van der Waals surface area contributed by atoms with Crippen molar-refractivity contribution in [1.82, 2.24) is 14.4 Å². The van der Waals surface area contributed by atoms with Crippen LogP contribution in [0.5, 0.6) is 0 Å². The number of nitrogens with zero attached hydrogens (tertiary/aromatic N) is 3. The molecule has 1 aromatic heterocycles. The molecule has 1 fully saturated rings. The van der Waals surface area contributed by atoms with Gasteiger partial charge in [-0.25, -0.2) is 4.39 Å². The average Bonchev–Trinajstić information content (AvgIpc) is 3.11. The zero-order valence-corrected chi connectivity index (χ0v) is 17.1. The van der Waals surface area contributed by atoms with Gasteiger partial charge in [0.15, 0.2) is 0 Å². The van der Waals surface area contributed by atoms with Gasteiger partial charge in [0.1, 0.15) is 5.82 Å². The first-order valence-electron chi connectivity index (χ1n) is 10.0. The standard InChI is InChI=1S/C24H24FN3O2/c1-17-22(24(30)27-14-12-26(13-15-27)18(2)29)16-23(19-6-4-3-5-7-19)28(17)21-10-8-20(25)9-11-21/h3-11,16H,12-15H2,1-2H3. The first-order valence-corrected chi connectivity index (χ1v) is 10.0. The number of aromatic nitrogens is 1. The lowest BCUT2D eigenvalue weighted by molar-refractivity contribution is -0.130. The predicted octanol–water partition coefficient (Wildman–Crippen LogP) is 3.90. The van der Waals surface area contributed by atoms with E-state index in [-0.39, 0.29) is 17.6 Å². The first kappa shape index (κ1) is 19.9. The number of hydrogen-bond donors (Lipinski definition) is 0. The van der Waals surface area contributed by atoms with Crippen LogP contribution in [0.3, 0.4) is 0 Å². The Morgan fingerprint density at radius 1 is 0.867 bits per heavy atom. The third-order valence-corrected chi connectivity index (χ3v) is 5.64. The summed E-state index contributed by atoms with van der Waals surface area (Å²) >= 11 is 0. The normalized spacial score (nSPS) is 14.1. The van der Waals surface area contributed by atoms with E-state index >= 15 is 0 Å². The van der Waals surface area contributed by atoms with Gasteiger partial charge in [-0.1, -0.05) is 30.3 Å². The van der Waals surface area contributed by atoms with E-state index in [4.69, 9.17) is 0 Å². The fourth-order valence-electron chi connectivity index (χ4n) is 3.96. The van der Waals surface area contributed by atoms with Gasteiger partial charge in [-0.3, -0.25) is 9.59 Å². The second kappa shape index (κ2) is 8.14. The number of rotatable bonds is 3. The lowest BCUT2D eigenvalue weighted by Crippen LogP contribution is -2.50. The van der Waals surface area contributed by atoms with Gasteiger partial charge >= 0.3 is 0 Å². The molecule has 1 aliphatic rings. The molecule has 2 heterocycles. The van der Waals surface area contributed by atoms with E-state index in [1.807, 2.05) is 47.9 Å². The van der Waals surface area contributed by atoms with Crippen molar-refractivity contribution < 1.29 is 14.0 Å². The summed E-state index contributed by atoms with van der Waals surface area (Å²) in [5, 5.41) is 0. The van der Waals surface area contributed by atoms with Crippen LogP contribution in [0.15, 0.2) is 60.7 Å².